The number of hydrogen-bond acceptors (Lipinski definition) is 4. The lowest BCUT2D eigenvalue weighted by Crippen LogP contribution is -2.40. The van der Waals surface area contributed by atoms with Gasteiger partial charge in [-0.15, -0.1) is 0 Å². The number of likely N-dealkylation sites (N-methyl/N-ethyl adjacent to an activating group) is 1. The van der Waals surface area contributed by atoms with E-state index in [0.717, 1.165) is 38.5 Å². The molecule has 4 heteroatoms. The molecule has 1 rings (SSSR count). The first-order chi connectivity index (χ1) is 8.77. The molecule has 1 atom stereocenters. The molecule has 1 N–H and O–H groups in total. The molecule has 0 aliphatic heterocycles. The molecule has 0 saturated heterocycles. The summed E-state index contributed by atoms with van der Waals surface area (Å²) in [6, 6.07) is 6.56. The zero-order chi connectivity index (χ0) is 13.2. The van der Waals surface area contributed by atoms with E-state index in [4.69, 9.17) is 4.74 Å². The summed E-state index contributed by atoms with van der Waals surface area (Å²) in [6.45, 7) is 9.01. The van der Waals surface area contributed by atoms with Crippen molar-refractivity contribution < 1.29 is 4.74 Å². The lowest BCUT2D eigenvalue weighted by molar-refractivity contribution is 0.181. The highest BCUT2D eigenvalue weighted by molar-refractivity contribution is 5.03. The summed E-state index contributed by atoms with van der Waals surface area (Å²) in [4.78, 5) is 6.80. The lowest BCUT2D eigenvalue weighted by Gasteiger charge is -2.27. The molecular formula is C14H25N3O. The van der Waals surface area contributed by atoms with E-state index in [0.29, 0.717) is 6.04 Å². The summed E-state index contributed by atoms with van der Waals surface area (Å²) < 4.78 is 5.02. The first-order valence-electron chi connectivity index (χ1n) is 6.61. The van der Waals surface area contributed by atoms with E-state index in [1.165, 1.54) is 0 Å². The van der Waals surface area contributed by atoms with E-state index in [1.54, 1.807) is 7.11 Å². The molecule has 0 saturated carbocycles. The minimum Gasteiger partial charge on any atom is -0.383 e. The Balaban J connectivity index is 2.35. The second kappa shape index (κ2) is 9.03. The molecule has 0 spiro atoms. The Morgan fingerprint density at radius 3 is 2.89 bits per heavy atom. The van der Waals surface area contributed by atoms with Crippen molar-refractivity contribution >= 4 is 0 Å². The van der Waals surface area contributed by atoms with E-state index in [2.05, 4.69) is 35.1 Å². The maximum absolute atomic E-state index is 5.02. The number of hydrogen-bond donors (Lipinski definition) is 1. The van der Waals surface area contributed by atoms with Crippen molar-refractivity contribution in [1.82, 2.24) is 15.2 Å². The van der Waals surface area contributed by atoms with Crippen LogP contribution in [0.15, 0.2) is 24.4 Å². The van der Waals surface area contributed by atoms with Gasteiger partial charge in [-0.25, -0.2) is 0 Å². The molecule has 1 aromatic heterocycles. The van der Waals surface area contributed by atoms with Gasteiger partial charge >= 0.3 is 0 Å². The number of nitrogens with one attached hydrogen (secondary N) is 1. The fourth-order valence-electron chi connectivity index (χ4n) is 1.89. The van der Waals surface area contributed by atoms with Crippen LogP contribution < -0.4 is 5.32 Å². The molecule has 1 aromatic rings. The van der Waals surface area contributed by atoms with E-state index in [9.17, 15) is 0 Å². The number of pyridine rings is 1. The largest absolute Gasteiger partial charge is 0.383 e. The van der Waals surface area contributed by atoms with Crippen molar-refractivity contribution in [3.8, 4) is 0 Å². The van der Waals surface area contributed by atoms with Gasteiger partial charge in [0.1, 0.15) is 0 Å². The van der Waals surface area contributed by atoms with Gasteiger partial charge in [0.25, 0.3) is 0 Å². The second-order valence-electron chi connectivity index (χ2n) is 4.43. The fourth-order valence-corrected chi connectivity index (χ4v) is 1.89. The highest BCUT2D eigenvalue weighted by Crippen LogP contribution is 2.05. The quantitative estimate of drug-likeness (QED) is 0.675. The van der Waals surface area contributed by atoms with Crippen LogP contribution in [0.25, 0.3) is 0 Å². The van der Waals surface area contributed by atoms with Gasteiger partial charge in [-0.05, 0) is 25.6 Å². The van der Waals surface area contributed by atoms with Crippen molar-refractivity contribution in [2.75, 3.05) is 33.4 Å². The first kappa shape index (κ1) is 15.1. The molecule has 0 fully saturated rings. The Labute approximate surface area is 110 Å². The maximum atomic E-state index is 5.02. The van der Waals surface area contributed by atoms with Crippen molar-refractivity contribution in [1.29, 1.82) is 0 Å². The topological polar surface area (TPSA) is 37.4 Å². The van der Waals surface area contributed by atoms with Crippen LogP contribution in [0, 0.1) is 0 Å². The number of ether oxygens (including phenoxy) is 1. The van der Waals surface area contributed by atoms with Crippen LogP contribution in [0.2, 0.25) is 0 Å². The van der Waals surface area contributed by atoms with Gasteiger partial charge in [-0.2, -0.15) is 0 Å². The Morgan fingerprint density at radius 2 is 2.28 bits per heavy atom. The van der Waals surface area contributed by atoms with Crippen LogP contribution in [-0.2, 0) is 11.3 Å². The molecule has 0 aromatic carbocycles. The number of methoxy groups -OCH3 is 1. The smallest absolute Gasteiger partial charge is 0.0587 e. The Morgan fingerprint density at radius 1 is 1.44 bits per heavy atom. The zero-order valence-electron chi connectivity index (χ0n) is 11.7. The van der Waals surface area contributed by atoms with Gasteiger partial charge in [-0.1, -0.05) is 13.0 Å². The lowest BCUT2D eigenvalue weighted by atomic mass is 10.2. The van der Waals surface area contributed by atoms with Crippen molar-refractivity contribution in [3.05, 3.63) is 30.1 Å². The first-order valence-corrected chi connectivity index (χ1v) is 6.61. The molecule has 0 bridgehead atoms. The molecule has 0 amide bonds. The SMILES string of the molecule is CCN(Cc1ccccn1)C(C)CNCCOC. The van der Waals surface area contributed by atoms with Gasteiger partial charge in [-0.3, -0.25) is 9.88 Å². The number of rotatable bonds is 9. The molecule has 0 aliphatic carbocycles. The Bertz CT molecular complexity index is 305. The summed E-state index contributed by atoms with van der Waals surface area (Å²) in [6.07, 6.45) is 1.85. The summed E-state index contributed by atoms with van der Waals surface area (Å²) >= 11 is 0. The van der Waals surface area contributed by atoms with Crippen LogP contribution >= 0.6 is 0 Å². The molecule has 18 heavy (non-hydrogen) atoms. The molecule has 4 nitrogen and oxygen atoms in total. The Hall–Kier alpha value is -0.970. The van der Waals surface area contributed by atoms with E-state index >= 15 is 0 Å². The highest BCUT2D eigenvalue weighted by Gasteiger charge is 2.12. The van der Waals surface area contributed by atoms with Crippen molar-refractivity contribution in [2.24, 2.45) is 0 Å². The molecule has 0 aliphatic rings. The third kappa shape index (κ3) is 5.58. The summed E-state index contributed by atoms with van der Waals surface area (Å²) in [5.74, 6) is 0. The van der Waals surface area contributed by atoms with E-state index < -0.39 is 0 Å². The van der Waals surface area contributed by atoms with Gasteiger partial charge in [0.15, 0.2) is 0 Å². The summed E-state index contributed by atoms with van der Waals surface area (Å²) in [7, 11) is 1.73. The zero-order valence-corrected chi connectivity index (χ0v) is 11.7. The van der Waals surface area contributed by atoms with Gasteiger partial charge in [0.05, 0.1) is 12.3 Å². The summed E-state index contributed by atoms with van der Waals surface area (Å²) in [5.41, 5.74) is 1.13. The van der Waals surface area contributed by atoms with Crippen LogP contribution in [0.5, 0.6) is 0 Å². The number of nitrogens with zero attached hydrogens (tertiary/aromatic N) is 2. The van der Waals surface area contributed by atoms with Gasteiger partial charge in [0.2, 0.25) is 0 Å². The average molecular weight is 251 g/mol. The molecule has 0 radical (unpaired) electrons. The van der Waals surface area contributed by atoms with Crippen LogP contribution in [0.4, 0.5) is 0 Å². The van der Waals surface area contributed by atoms with Crippen LogP contribution in [0.3, 0.4) is 0 Å². The molecule has 102 valence electrons. The predicted molar refractivity (Wildman–Crippen MR) is 74.5 cm³/mol. The Kier molecular flexibility index (Phi) is 7.57. The second-order valence-corrected chi connectivity index (χ2v) is 4.43. The maximum Gasteiger partial charge on any atom is 0.0587 e. The minimum absolute atomic E-state index is 0.494. The molecule has 1 unspecified atom stereocenters. The highest BCUT2D eigenvalue weighted by atomic mass is 16.5. The fraction of sp³-hybridized carbons (Fsp3) is 0.643. The minimum atomic E-state index is 0.494. The average Bonchev–Trinajstić information content (AvgIpc) is 2.42. The van der Waals surface area contributed by atoms with Gasteiger partial charge in [0, 0.05) is 39.0 Å². The predicted octanol–water partition coefficient (Wildman–Crippen LogP) is 1.53. The third-order valence-electron chi connectivity index (χ3n) is 3.04. The monoisotopic (exact) mass is 251 g/mol. The van der Waals surface area contributed by atoms with Crippen molar-refractivity contribution in [2.45, 2.75) is 26.4 Å². The number of aromatic nitrogens is 1. The van der Waals surface area contributed by atoms with Crippen LogP contribution in [0.1, 0.15) is 19.5 Å². The van der Waals surface area contributed by atoms with Crippen LogP contribution in [-0.4, -0.2) is 49.3 Å². The third-order valence-corrected chi connectivity index (χ3v) is 3.04. The van der Waals surface area contributed by atoms with E-state index in [-0.39, 0.29) is 0 Å². The normalized spacial score (nSPS) is 12.9. The standard InChI is InChI=1S/C14H25N3O/c1-4-17(12-14-7-5-6-8-16-14)13(2)11-15-9-10-18-3/h5-8,13,15H,4,9-12H2,1-3H3. The van der Waals surface area contributed by atoms with Gasteiger partial charge < -0.3 is 10.1 Å². The van der Waals surface area contributed by atoms with E-state index in [1.807, 2.05) is 18.3 Å². The summed E-state index contributed by atoms with van der Waals surface area (Å²) in [5, 5.41) is 3.40. The molecule has 1 heterocycles. The van der Waals surface area contributed by atoms with Crippen molar-refractivity contribution in [3.63, 3.8) is 0 Å². The molecular weight excluding hydrogens is 226 g/mol.